The van der Waals surface area contributed by atoms with E-state index in [0.717, 1.165) is 0 Å². The van der Waals surface area contributed by atoms with Crippen molar-refractivity contribution in [2.45, 2.75) is 18.1 Å². The van der Waals surface area contributed by atoms with Crippen molar-refractivity contribution in [1.29, 1.82) is 0 Å². The molecule has 25 heavy (non-hydrogen) atoms. The van der Waals surface area contributed by atoms with Gasteiger partial charge in [-0.3, -0.25) is 0 Å². The van der Waals surface area contributed by atoms with Gasteiger partial charge < -0.3 is 9.15 Å². The summed E-state index contributed by atoms with van der Waals surface area (Å²) in [5.74, 6) is -0.496. The minimum absolute atomic E-state index is 0.155. The van der Waals surface area contributed by atoms with Crippen LogP contribution in [0.4, 0.5) is 4.39 Å². The van der Waals surface area contributed by atoms with Crippen LogP contribution in [-0.2, 0) is 4.74 Å². The first-order valence-electron chi connectivity index (χ1n) is 7.38. The summed E-state index contributed by atoms with van der Waals surface area (Å²) in [4.78, 5) is 16.4. The highest BCUT2D eigenvalue weighted by Crippen LogP contribution is 2.25. The van der Waals surface area contributed by atoms with Gasteiger partial charge in [-0.25, -0.2) is 14.2 Å². The van der Waals surface area contributed by atoms with E-state index in [0.29, 0.717) is 16.2 Å². The molecule has 3 aromatic rings. The van der Waals surface area contributed by atoms with Crippen LogP contribution in [0.15, 0.2) is 52.0 Å². The number of hydrogen-bond donors (Lipinski definition) is 0. The van der Waals surface area contributed by atoms with E-state index in [2.05, 4.69) is 15.2 Å². The summed E-state index contributed by atoms with van der Waals surface area (Å²) >= 11 is 1.36. The second-order valence-corrected chi connectivity index (χ2v) is 5.86. The number of pyridine rings is 1. The Balaban J connectivity index is 1.74. The molecule has 0 radical (unpaired) electrons. The Morgan fingerprint density at radius 2 is 2.00 bits per heavy atom. The minimum Gasteiger partial charge on any atom is -0.449 e. The standard InChI is InChI=1S/C17H14FN3O3S/c1-10(23-17(22)13-4-3-9-19-16(13)25-2)14-20-21-15(24-14)11-5-7-12(18)8-6-11/h3-10H,1-2H3/t10-/m0/s1. The molecule has 0 aliphatic carbocycles. The number of carbonyl (C=O) groups excluding carboxylic acids is 1. The van der Waals surface area contributed by atoms with Crippen LogP contribution in [0.25, 0.3) is 11.5 Å². The van der Waals surface area contributed by atoms with E-state index in [1.165, 1.54) is 36.0 Å². The predicted octanol–water partition coefficient (Wildman–Crippen LogP) is 3.91. The van der Waals surface area contributed by atoms with Gasteiger partial charge in [-0.05, 0) is 49.6 Å². The third-order valence-corrected chi connectivity index (χ3v) is 4.06. The molecule has 8 heteroatoms. The highest BCUT2D eigenvalue weighted by atomic mass is 32.2. The average Bonchev–Trinajstić information content (AvgIpc) is 3.12. The maximum atomic E-state index is 13.0. The van der Waals surface area contributed by atoms with E-state index < -0.39 is 12.1 Å². The van der Waals surface area contributed by atoms with E-state index >= 15 is 0 Å². The van der Waals surface area contributed by atoms with Crippen LogP contribution in [0.3, 0.4) is 0 Å². The van der Waals surface area contributed by atoms with Crippen LogP contribution in [0.5, 0.6) is 0 Å². The summed E-state index contributed by atoms with van der Waals surface area (Å²) in [6, 6.07) is 8.98. The zero-order chi connectivity index (χ0) is 17.8. The highest BCUT2D eigenvalue weighted by molar-refractivity contribution is 7.98. The largest absolute Gasteiger partial charge is 0.449 e. The summed E-state index contributed by atoms with van der Waals surface area (Å²) in [6.07, 6.45) is 2.71. The van der Waals surface area contributed by atoms with Crippen molar-refractivity contribution >= 4 is 17.7 Å². The van der Waals surface area contributed by atoms with Gasteiger partial charge in [0.15, 0.2) is 6.10 Å². The van der Waals surface area contributed by atoms with Gasteiger partial charge in [-0.1, -0.05) is 0 Å². The normalized spacial score (nSPS) is 12.0. The molecule has 0 aliphatic heterocycles. The molecule has 0 bridgehead atoms. The van der Waals surface area contributed by atoms with Crippen molar-refractivity contribution in [2.24, 2.45) is 0 Å². The number of carbonyl (C=O) groups is 1. The van der Waals surface area contributed by atoms with E-state index in [4.69, 9.17) is 9.15 Å². The van der Waals surface area contributed by atoms with Gasteiger partial charge in [-0.2, -0.15) is 0 Å². The molecule has 0 aliphatic rings. The van der Waals surface area contributed by atoms with Gasteiger partial charge in [0.25, 0.3) is 5.89 Å². The quantitative estimate of drug-likeness (QED) is 0.505. The molecule has 2 aromatic heterocycles. The van der Waals surface area contributed by atoms with Crippen LogP contribution in [0, 0.1) is 5.82 Å². The second-order valence-electron chi connectivity index (χ2n) is 5.06. The Kier molecular flexibility index (Phi) is 5.08. The molecule has 3 rings (SSSR count). The third kappa shape index (κ3) is 3.85. The summed E-state index contributed by atoms with van der Waals surface area (Å²) in [5.41, 5.74) is 0.954. The monoisotopic (exact) mass is 359 g/mol. The number of halogens is 1. The molecular formula is C17H14FN3O3S. The van der Waals surface area contributed by atoms with E-state index in [9.17, 15) is 9.18 Å². The summed E-state index contributed by atoms with van der Waals surface area (Å²) in [6.45, 7) is 1.63. The molecule has 0 saturated carbocycles. The molecule has 0 saturated heterocycles. The van der Waals surface area contributed by atoms with Crippen LogP contribution >= 0.6 is 11.8 Å². The van der Waals surface area contributed by atoms with Gasteiger partial charge >= 0.3 is 5.97 Å². The van der Waals surface area contributed by atoms with Crippen molar-refractivity contribution in [3.63, 3.8) is 0 Å². The number of benzene rings is 1. The molecule has 0 unspecified atom stereocenters. The molecule has 1 atom stereocenters. The average molecular weight is 359 g/mol. The first-order valence-corrected chi connectivity index (χ1v) is 8.60. The fraction of sp³-hybridized carbons (Fsp3) is 0.176. The van der Waals surface area contributed by atoms with Crippen LogP contribution in [-0.4, -0.2) is 27.4 Å². The number of ether oxygens (including phenoxy) is 1. The zero-order valence-corrected chi connectivity index (χ0v) is 14.3. The van der Waals surface area contributed by atoms with E-state index in [-0.39, 0.29) is 17.6 Å². The zero-order valence-electron chi connectivity index (χ0n) is 13.5. The Morgan fingerprint density at radius 3 is 2.72 bits per heavy atom. The molecule has 128 valence electrons. The van der Waals surface area contributed by atoms with E-state index in [1.807, 2.05) is 6.26 Å². The molecule has 6 nitrogen and oxygen atoms in total. The molecule has 0 spiro atoms. The first-order chi connectivity index (χ1) is 12.1. The van der Waals surface area contributed by atoms with Crippen molar-refractivity contribution in [2.75, 3.05) is 6.26 Å². The van der Waals surface area contributed by atoms with Gasteiger partial charge in [0.05, 0.1) is 5.56 Å². The van der Waals surface area contributed by atoms with E-state index in [1.54, 1.807) is 25.3 Å². The molecule has 0 N–H and O–H groups in total. The van der Waals surface area contributed by atoms with Crippen LogP contribution in [0.1, 0.15) is 29.3 Å². The summed E-state index contributed by atoms with van der Waals surface area (Å²) < 4.78 is 23.9. The lowest BCUT2D eigenvalue weighted by molar-refractivity contribution is 0.0275. The second kappa shape index (κ2) is 7.43. The Morgan fingerprint density at radius 1 is 1.24 bits per heavy atom. The Hall–Kier alpha value is -2.74. The Labute approximate surface area is 147 Å². The lowest BCUT2D eigenvalue weighted by atomic mass is 10.2. The SMILES string of the molecule is CSc1ncccc1C(=O)O[C@@H](C)c1nnc(-c2ccc(F)cc2)o1. The smallest absolute Gasteiger partial charge is 0.341 e. The number of rotatable bonds is 5. The highest BCUT2D eigenvalue weighted by Gasteiger charge is 2.21. The van der Waals surface area contributed by atoms with Gasteiger partial charge in [0.2, 0.25) is 5.89 Å². The van der Waals surface area contributed by atoms with Crippen molar-refractivity contribution in [3.05, 3.63) is 59.9 Å². The maximum Gasteiger partial charge on any atom is 0.341 e. The van der Waals surface area contributed by atoms with Crippen molar-refractivity contribution in [1.82, 2.24) is 15.2 Å². The maximum absolute atomic E-state index is 13.0. The fourth-order valence-electron chi connectivity index (χ4n) is 2.09. The molecule has 0 amide bonds. The topological polar surface area (TPSA) is 78.1 Å². The van der Waals surface area contributed by atoms with Crippen LogP contribution in [0.2, 0.25) is 0 Å². The molecule has 0 fully saturated rings. The fourth-order valence-corrected chi connectivity index (χ4v) is 2.63. The summed E-state index contributed by atoms with van der Waals surface area (Å²) in [7, 11) is 0. The number of nitrogens with zero attached hydrogens (tertiary/aromatic N) is 3. The number of thioether (sulfide) groups is 1. The lowest BCUT2D eigenvalue weighted by Gasteiger charge is -2.10. The van der Waals surface area contributed by atoms with Gasteiger partial charge in [-0.15, -0.1) is 22.0 Å². The van der Waals surface area contributed by atoms with Crippen LogP contribution < -0.4 is 0 Å². The number of hydrogen-bond acceptors (Lipinski definition) is 7. The predicted molar refractivity (Wildman–Crippen MR) is 89.5 cm³/mol. The number of aromatic nitrogens is 3. The molecule has 2 heterocycles. The summed E-state index contributed by atoms with van der Waals surface area (Å²) in [5, 5.41) is 8.38. The Bertz CT molecular complexity index is 883. The van der Waals surface area contributed by atoms with Gasteiger partial charge in [0.1, 0.15) is 10.8 Å². The number of esters is 1. The third-order valence-electron chi connectivity index (χ3n) is 3.35. The molecule has 1 aromatic carbocycles. The first kappa shape index (κ1) is 17.1. The van der Waals surface area contributed by atoms with Crippen molar-refractivity contribution < 1.29 is 18.3 Å². The lowest BCUT2D eigenvalue weighted by Crippen LogP contribution is -2.11. The van der Waals surface area contributed by atoms with Crippen molar-refractivity contribution in [3.8, 4) is 11.5 Å². The van der Waals surface area contributed by atoms with Gasteiger partial charge in [0, 0.05) is 11.8 Å². The molecular weight excluding hydrogens is 345 g/mol. The minimum atomic E-state index is -0.732.